The summed E-state index contributed by atoms with van der Waals surface area (Å²) in [6.07, 6.45) is 19.2. The number of H-pyrrole nitrogens is 1. The van der Waals surface area contributed by atoms with Crippen LogP contribution in [0.1, 0.15) is 69.2 Å². The van der Waals surface area contributed by atoms with E-state index in [-0.39, 0.29) is 0 Å². The molecule has 1 rings (SSSR count). The first-order valence-corrected chi connectivity index (χ1v) is 8.38. The van der Waals surface area contributed by atoms with Gasteiger partial charge in [-0.05, 0) is 24.0 Å². The van der Waals surface area contributed by atoms with Crippen LogP contribution in [0.5, 0.6) is 0 Å². The molecule has 1 N–H and O–H groups in total. The molecule has 1 aromatic heterocycles. The number of nitrogens with one attached hydrogen (secondary N) is 1. The number of unbranched alkanes of at least 4 members (excludes halogenated alkanes) is 3. The maximum absolute atomic E-state index is 3.89. The van der Waals surface area contributed by atoms with Crippen molar-refractivity contribution in [3.8, 4) is 0 Å². The van der Waals surface area contributed by atoms with Crippen molar-refractivity contribution in [1.29, 1.82) is 0 Å². The van der Waals surface area contributed by atoms with Gasteiger partial charge in [-0.15, -0.1) is 0 Å². The second-order valence-electron chi connectivity index (χ2n) is 5.77. The minimum Gasteiger partial charge on any atom is -0.361 e. The average Bonchev–Trinajstić information content (AvgIpc) is 2.89. The van der Waals surface area contributed by atoms with Gasteiger partial charge in [0.2, 0.25) is 0 Å². The van der Waals surface area contributed by atoms with Crippen LogP contribution in [-0.2, 0) is 6.42 Å². The molecule has 0 spiro atoms. The van der Waals surface area contributed by atoms with Crippen LogP contribution in [-0.4, -0.2) is 4.98 Å². The summed E-state index contributed by atoms with van der Waals surface area (Å²) in [4.78, 5) is 3.34. The number of aromatic amines is 1. The van der Waals surface area contributed by atoms with Crippen molar-refractivity contribution in [3.63, 3.8) is 0 Å². The first-order valence-electron chi connectivity index (χ1n) is 8.38. The van der Waals surface area contributed by atoms with E-state index in [9.17, 15) is 0 Å². The zero-order valence-corrected chi connectivity index (χ0v) is 13.8. The lowest BCUT2D eigenvalue weighted by Gasteiger charge is -2.14. The summed E-state index contributed by atoms with van der Waals surface area (Å²) in [7, 11) is 0. The monoisotopic (exact) mass is 285 g/mol. The van der Waals surface area contributed by atoms with E-state index < -0.39 is 0 Å². The van der Waals surface area contributed by atoms with E-state index >= 15 is 0 Å². The minimum absolute atomic E-state index is 0.784. The molecule has 0 bridgehead atoms. The first kappa shape index (κ1) is 17.6. The third kappa shape index (κ3) is 5.79. The highest BCUT2D eigenvalue weighted by Gasteiger charge is 2.12. The van der Waals surface area contributed by atoms with Gasteiger partial charge in [0.05, 0.1) is 0 Å². The molecule has 1 unspecified atom stereocenters. The van der Waals surface area contributed by atoms with Crippen molar-refractivity contribution < 1.29 is 0 Å². The highest BCUT2D eigenvalue weighted by atomic mass is 14.7. The zero-order valence-electron chi connectivity index (χ0n) is 13.8. The van der Waals surface area contributed by atoms with Gasteiger partial charge in [0, 0.05) is 17.5 Å². The molecule has 1 aromatic rings. The summed E-state index contributed by atoms with van der Waals surface area (Å²) < 4.78 is 0. The zero-order chi connectivity index (χ0) is 15.5. The highest BCUT2D eigenvalue weighted by Crippen LogP contribution is 2.25. The van der Waals surface area contributed by atoms with Crippen LogP contribution in [0.25, 0.3) is 12.2 Å². The smallest absolute Gasteiger partial charge is 0.0450 e. The van der Waals surface area contributed by atoms with Crippen LogP contribution < -0.4 is 0 Å². The fourth-order valence-corrected chi connectivity index (χ4v) is 2.81. The molecule has 0 aliphatic heterocycles. The van der Waals surface area contributed by atoms with Gasteiger partial charge in [-0.1, -0.05) is 83.8 Å². The lowest BCUT2D eigenvalue weighted by Crippen LogP contribution is -2.04. The van der Waals surface area contributed by atoms with Crippen LogP contribution in [0.15, 0.2) is 31.5 Å². The van der Waals surface area contributed by atoms with Gasteiger partial charge in [0.1, 0.15) is 0 Å². The summed E-state index contributed by atoms with van der Waals surface area (Å²) in [5, 5.41) is 0. The quantitative estimate of drug-likeness (QED) is 0.358. The second-order valence-corrected chi connectivity index (χ2v) is 5.77. The molecule has 1 heteroatoms. The Hall–Kier alpha value is -1.50. The molecule has 0 aliphatic rings. The topological polar surface area (TPSA) is 15.8 Å². The Kier molecular flexibility index (Phi) is 8.57. The number of aromatic nitrogens is 1. The lowest BCUT2D eigenvalue weighted by molar-refractivity contribution is 0.439. The molecular formula is C20H31N. The standard InChI is InChI=1S/C20H31N/c1-5-9-11-12-13-17(7-3)15-18-16-21-20(8-4)19(18)14-10-6-2/h6,8,10,14,16-17,21H,2,4-5,7,9,11-13,15H2,1,3H3/b14-10-. The van der Waals surface area contributed by atoms with Crippen LogP contribution in [0.2, 0.25) is 0 Å². The van der Waals surface area contributed by atoms with Crippen LogP contribution in [0.3, 0.4) is 0 Å². The highest BCUT2D eigenvalue weighted by molar-refractivity contribution is 5.66. The molecule has 0 saturated heterocycles. The van der Waals surface area contributed by atoms with Crippen LogP contribution >= 0.6 is 0 Å². The third-order valence-corrected chi connectivity index (χ3v) is 4.19. The van der Waals surface area contributed by atoms with Crippen molar-refractivity contribution in [2.75, 3.05) is 0 Å². The summed E-state index contributed by atoms with van der Waals surface area (Å²) >= 11 is 0. The van der Waals surface area contributed by atoms with Gasteiger partial charge >= 0.3 is 0 Å². The normalized spacial score (nSPS) is 12.7. The molecule has 0 amide bonds. The summed E-state index contributed by atoms with van der Waals surface area (Å²) in [5.41, 5.74) is 3.80. The Morgan fingerprint density at radius 1 is 1.19 bits per heavy atom. The van der Waals surface area contributed by atoms with Gasteiger partial charge in [-0.2, -0.15) is 0 Å². The summed E-state index contributed by atoms with van der Waals surface area (Å²) in [6.45, 7) is 12.2. The van der Waals surface area contributed by atoms with E-state index in [0.29, 0.717) is 0 Å². The summed E-state index contributed by atoms with van der Waals surface area (Å²) in [5.74, 6) is 0.784. The van der Waals surface area contributed by atoms with E-state index in [0.717, 1.165) is 18.0 Å². The van der Waals surface area contributed by atoms with Crippen LogP contribution in [0, 0.1) is 5.92 Å². The Morgan fingerprint density at radius 2 is 2.00 bits per heavy atom. The molecule has 0 aromatic carbocycles. The fourth-order valence-electron chi connectivity index (χ4n) is 2.81. The Balaban J connectivity index is 2.70. The predicted octanol–water partition coefficient (Wildman–Crippen LogP) is 6.40. The molecule has 0 fully saturated rings. The van der Waals surface area contributed by atoms with E-state index in [2.05, 4.69) is 44.3 Å². The lowest BCUT2D eigenvalue weighted by atomic mass is 9.90. The number of hydrogen-bond donors (Lipinski definition) is 1. The van der Waals surface area contributed by atoms with Gasteiger partial charge in [0.15, 0.2) is 0 Å². The van der Waals surface area contributed by atoms with Crippen molar-refractivity contribution in [3.05, 3.63) is 48.3 Å². The van der Waals surface area contributed by atoms with Crippen molar-refractivity contribution in [2.24, 2.45) is 5.92 Å². The SMILES string of the molecule is C=C/C=C\c1c(CC(CC)CCCCCC)c[nH]c1C=C. The number of hydrogen-bond acceptors (Lipinski definition) is 0. The maximum Gasteiger partial charge on any atom is 0.0450 e. The van der Waals surface area contributed by atoms with E-state index in [1.807, 2.05) is 18.2 Å². The largest absolute Gasteiger partial charge is 0.361 e. The molecule has 0 aliphatic carbocycles. The maximum atomic E-state index is 3.89. The Bertz CT molecular complexity index is 450. The van der Waals surface area contributed by atoms with E-state index in [1.165, 1.54) is 49.7 Å². The number of rotatable bonds is 11. The van der Waals surface area contributed by atoms with Gasteiger partial charge in [-0.25, -0.2) is 0 Å². The summed E-state index contributed by atoms with van der Waals surface area (Å²) in [6, 6.07) is 0. The third-order valence-electron chi connectivity index (χ3n) is 4.19. The fraction of sp³-hybridized carbons (Fsp3) is 0.500. The van der Waals surface area contributed by atoms with Gasteiger partial charge < -0.3 is 4.98 Å². The van der Waals surface area contributed by atoms with Crippen molar-refractivity contribution in [2.45, 2.75) is 58.8 Å². The Labute approximate surface area is 130 Å². The molecule has 1 atom stereocenters. The molecule has 0 radical (unpaired) electrons. The predicted molar refractivity (Wildman–Crippen MR) is 96.4 cm³/mol. The first-order chi connectivity index (χ1) is 10.3. The second kappa shape index (κ2) is 10.3. The van der Waals surface area contributed by atoms with E-state index in [4.69, 9.17) is 0 Å². The van der Waals surface area contributed by atoms with Gasteiger partial charge in [0.25, 0.3) is 0 Å². The van der Waals surface area contributed by atoms with Crippen LogP contribution in [0.4, 0.5) is 0 Å². The molecule has 0 saturated carbocycles. The molecule has 116 valence electrons. The Morgan fingerprint density at radius 3 is 2.62 bits per heavy atom. The molecule has 21 heavy (non-hydrogen) atoms. The average molecular weight is 285 g/mol. The van der Waals surface area contributed by atoms with Gasteiger partial charge in [-0.3, -0.25) is 0 Å². The molecular weight excluding hydrogens is 254 g/mol. The van der Waals surface area contributed by atoms with Crippen molar-refractivity contribution >= 4 is 12.2 Å². The minimum atomic E-state index is 0.784. The molecule has 1 nitrogen and oxygen atoms in total. The van der Waals surface area contributed by atoms with Crippen molar-refractivity contribution in [1.82, 2.24) is 4.98 Å². The van der Waals surface area contributed by atoms with E-state index in [1.54, 1.807) is 0 Å². The molecule has 1 heterocycles. The number of allylic oxidation sites excluding steroid dienone is 2.